The molecule has 1 aliphatic heterocycles. The fourth-order valence-corrected chi connectivity index (χ4v) is 4.07. The number of carboxylic acids is 1. The molecule has 0 saturated carbocycles. The van der Waals surface area contributed by atoms with E-state index in [9.17, 15) is 19.1 Å². The summed E-state index contributed by atoms with van der Waals surface area (Å²) in [6, 6.07) is 8.25. The number of carboxylic acid groups (broad SMARTS) is 1. The third-order valence-corrected chi connectivity index (χ3v) is 5.34. The van der Waals surface area contributed by atoms with E-state index in [0.717, 1.165) is 16.7 Å². The summed E-state index contributed by atoms with van der Waals surface area (Å²) in [5.74, 6) is -2.00. The Kier molecular flexibility index (Phi) is 5.48. The van der Waals surface area contributed by atoms with E-state index in [0.29, 0.717) is 17.1 Å². The molecule has 2 heterocycles. The molecule has 0 radical (unpaired) electrons. The zero-order valence-corrected chi connectivity index (χ0v) is 16.1. The number of hydrogen-bond donors (Lipinski definition) is 0. The van der Waals surface area contributed by atoms with E-state index in [1.165, 1.54) is 12.1 Å². The summed E-state index contributed by atoms with van der Waals surface area (Å²) in [7, 11) is 0. The number of benzene rings is 1. The van der Waals surface area contributed by atoms with Crippen LogP contribution in [0.2, 0.25) is 0 Å². The number of carbonyl (C=O) groups excluding carboxylic acids is 2. The van der Waals surface area contributed by atoms with Crippen molar-refractivity contribution in [1.29, 1.82) is 0 Å². The number of thioether (sulfide) groups is 1. The third-order valence-electron chi connectivity index (χ3n) is 4.01. The predicted octanol–water partition coefficient (Wildman–Crippen LogP) is 3.06. The molecule has 140 valence electrons. The Morgan fingerprint density at radius 1 is 1.30 bits per heavy atom. The molecule has 5 nitrogen and oxygen atoms in total. The van der Waals surface area contributed by atoms with E-state index in [2.05, 4.69) is 0 Å². The molecule has 0 aliphatic carbocycles. The van der Waals surface area contributed by atoms with Crippen LogP contribution in [0.3, 0.4) is 0 Å². The van der Waals surface area contributed by atoms with E-state index in [-0.39, 0.29) is 15.1 Å². The van der Waals surface area contributed by atoms with Crippen molar-refractivity contribution in [3.63, 3.8) is 0 Å². The van der Waals surface area contributed by atoms with Gasteiger partial charge in [-0.2, -0.15) is 0 Å². The van der Waals surface area contributed by atoms with Gasteiger partial charge >= 0.3 is 0 Å². The van der Waals surface area contributed by atoms with Crippen molar-refractivity contribution in [3.8, 4) is 11.3 Å². The molecular formula is C19H15FNO4S2-. The first-order chi connectivity index (χ1) is 12.8. The van der Waals surface area contributed by atoms with Crippen LogP contribution in [0.1, 0.15) is 19.6 Å². The van der Waals surface area contributed by atoms with Crippen LogP contribution in [0.5, 0.6) is 0 Å². The zero-order chi connectivity index (χ0) is 19.7. The Balaban J connectivity index is 1.89. The first kappa shape index (κ1) is 19.3. The lowest BCUT2D eigenvalue weighted by atomic mass is 10.0. The average Bonchev–Trinajstić information content (AvgIpc) is 3.15. The number of halogens is 1. The number of thiocarbonyl (C=S) groups is 1. The maximum absolute atomic E-state index is 13.9. The fourth-order valence-electron chi connectivity index (χ4n) is 2.76. The summed E-state index contributed by atoms with van der Waals surface area (Å²) in [6.07, 6.45) is 1.47. The maximum Gasteiger partial charge on any atom is 0.266 e. The Morgan fingerprint density at radius 2 is 2.00 bits per heavy atom. The topological polar surface area (TPSA) is 73.6 Å². The van der Waals surface area contributed by atoms with E-state index in [1.54, 1.807) is 44.2 Å². The highest BCUT2D eigenvalue weighted by Crippen LogP contribution is 2.36. The largest absolute Gasteiger partial charge is 0.548 e. The minimum Gasteiger partial charge on any atom is -0.548 e. The summed E-state index contributed by atoms with van der Waals surface area (Å²) in [5.41, 5.74) is 0.307. The number of amides is 1. The Bertz CT molecular complexity index is 951. The number of rotatable bonds is 5. The minimum absolute atomic E-state index is 0.148. The molecule has 0 N–H and O–H groups in total. The van der Waals surface area contributed by atoms with E-state index < -0.39 is 23.7 Å². The van der Waals surface area contributed by atoms with Crippen molar-refractivity contribution in [2.45, 2.75) is 19.9 Å². The molecule has 1 fully saturated rings. The fraction of sp³-hybridized carbons (Fsp3) is 0.211. The molecule has 1 atom stereocenters. The second-order valence-electron chi connectivity index (χ2n) is 6.24. The van der Waals surface area contributed by atoms with Crippen LogP contribution in [0, 0.1) is 11.7 Å². The lowest BCUT2D eigenvalue weighted by molar-refractivity contribution is -0.311. The standard InChI is InChI=1S/C19H16FNO4S2/c1-10(2)16(18(23)24)21-17(22)15(27-19(21)26)9-11-7-8-14(25-11)12-5-3-4-6-13(12)20/h3-10,16H,1-2H3,(H,23,24)/p-1/b15-9+/t16-/m1/s1. The van der Waals surface area contributed by atoms with Gasteiger partial charge in [0.2, 0.25) is 0 Å². The lowest BCUT2D eigenvalue weighted by Gasteiger charge is -2.30. The normalized spacial score (nSPS) is 17.2. The summed E-state index contributed by atoms with van der Waals surface area (Å²) in [4.78, 5) is 25.4. The molecule has 0 bridgehead atoms. The minimum atomic E-state index is -1.36. The van der Waals surface area contributed by atoms with Crippen LogP contribution in [0.15, 0.2) is 45.7 Å². The van der Waals surface area contributed by atoms with Gasteiger partial charge in [-0.05, 0) is 30.2 Å². The highest BCUT2D eigenvalue weighted by atomic mass is 32.2. The summed E-state index contributed by atoms with van der Waals surface area (Å²) in [6.45, 7) is 3.35. The third kappa shape index (κ3) is 3.81. The highest BCUT2D eigenvalue weighted by Gasteiger charge is 2.39. The number of nitrogens with zero attached hydrogens (tertiary/aromatic N) is 1. The Hall–Kier alpha value is -2.45. The number of carbonyl (C=O) groups is 2. The van der Waals surface area contributed by atoms with Crippen molar-refractivity contribution >= 4 is 46.3 Å². The van der Waals surface area contributed by atoms with Gasteiger partial charge in [-0.15, -0.1) is 0 Å². The van der Waals surface area contributed by atoms with Gasteiger partial charge in [-0.25, -0.2) is 4.39 Å². The summed E-state index contributed by atoms with van der Waals surface area (Å²) in [5, 5.41) is 11.4. The van der Waals surface area contributed by atoms with Crippen LogP contribution in [-0.4, -0.2) is 27.1 Å². The summed E-state index contributed by atoms with van der Waals surface area (Å²) >= 11 is 6.17. The maximum atomic E-state index is 13.9. The molecule has 1 aromatic heterocycles. The highest BCUT2D eigenvalue weighted by molar-refractivity contribution is 8.26. The van der Waals surface area contributed by atoms with Gasteiger partial charge < -0.3 is 14.3 Å². The molecule has 1 aromatic carbocycles. The van der Waals surface area contributed by atoms with Crippen LogP contribution < -0.4 is 5.11 Å². The second kappa shape index (κ2) is 7.66. The van der Waals surface area contributed by atoms with Gasteiger partial charge in [0, 0.05) is 6.08 Å². The molecule has 27 heavy (non-hydrogen) atoms. The van der Waals surface area contributed by atoms with Gasteiger partial charge in [0.1, 0.15) is 21.7 Å². The van der Waals surface area contributed by atoms with Gasteiger partial charge in [-0.3, -0.25) is 9.69 Å². The number of aliphatic carboxylic acids is 1. The molecule has 0 spiro atoms. The quantitative estimate of drug-likeness (QED) is 0.563. The van der Waals surface area contributed by atoms with Gasteiger partial charge in [-0.1, -0.05) is 50.0 Å². The molecule has 3 rings (SSSR count). The Labute approximate surface area is 164 Å². The van der Waals surface area contributed by atoms with E-state index in [1.807, 2.05) is 0 Å². The SMILES string of the molecule is CC(C)[C@H](C(=O)[O-])N1C(=O)/C(=C\c2ccc(-c3ccccc3F)o2)SC1=S. The smallest absolute Gasteiger partial charge is 0.266 e. The lowest BCUT2D eigenvalue weighted by Crippen LogP contribution is -2.52. The number of hydrogen-bond acceptors (Lipinski definition) is 6. The molecule has 0 unspecified atom stereocenters. The van der Waals surface area contributed by atoms with Crippen LogP contribution in [0.4, 0.5) is 4.39 Å². The van der Waals surface area contributed by atoms with Crippen molar-refractivity contribution < 1.29 is 23.5 Å². The second-order valence-corrected chi connectivity index (χ2v) is 7.92. The van der Waals surface area contributed by atoms with Gasteiger partial charge in [0.15, 0.2) is 0 Å². The molecule has 8 heteroatoms. The van der Waals surface area contributed by atoms with E-state index in [4.69, 9.17) is 16.6 Å². The molecule has 2 aromatic rings. The first-order valence-corrected chi connectivity index (χ1v) is 9.34. The molecule has 1 amide bonds. The predicted molar refractivity (Wildman–Crippen MR) is 103 cm³/mol. The summed E-state index contributed by atoms with van der Waals surface area (Å²) < 4.78 is 19.6. The van der Waals surface area contributed by atoms with Gasteiger partial charge in [0.05, 0.1) is 22.5 Å². The number of furan rings is 1. The molecule has 1 aliphatic rings. The van der Waals surface area contributed by atoms with Crippen molar-refractivity contribution in [3.05, 3.63) is 52.9 Å². The van der Waals surface area contributed by atoms with Crippen molar-refractivity contribution in [2.75, 3.05) is 0 Å². The monoisotopic (exact) mass is 404 g/mol. The van der Waals surface area contributed by atoms with Crippen LogP contribution >= 0.6 is 24.0 Å². The van der Waals surface area contributed by atoms with Crippen molar-refractivity contribution in [2.24, 2.45) is 5.92 Å². The van der Waals surface area contributed by atoms with Crippen LogP contribution in [0.25, 0.3) is 17.4 Å². The van der Waals surface area contributed by atoms with Gasteiger partial charge in [0.25, 0.3) is 5.91 Å². The average molecular weight is 404 g/mol. The first-order valence-electron chi connectivity index (χ1n) is 8.12. The Morgan fingerprint density at radius 3 is 2.63 bits per heavy atom. The van der Waals surface area contributed by atoms with Crippen LogP contribution in [-0.2, 0) is 9.59 Å². The molecule has 1 saturated heterocycles. The zero-order valence-electron chi connectivity index (χ0n) is 14.5. The van der Waals surface area contributed by atoms with Crippen molar-refractivity contribution in [1.82, 2.24) is 4.90 Å². The molecular weight excluding hydrogens is 389 g/mol. The van der Waals surface area contributed by atoms with E-state index >= 15 is 0 Å².